The highest BCUT2D eigenvalue weighted by atomic mass is 35.5. The summed E-state index contributed by atoms with van der Waals surface area (Å²) in [4.78, 5) is 12.3. The van der Waals surface area contributed by atoms with Crippen LogP contribution in [0.5, 0.6) is 0 Å². The van der Waals surface area contributed by atoms with Gasteiger partial charge in [0, 0.05) is 17.3 Å². The van der Waals surface area contributed by atoms with Crippen LogP contribution in [0.2, 0.25) is 5.02 Å². The van der Waals surface area contributed by atoms with Gasteiger partial charge in [-0.15, -0.1) is 0 Å². The van der Waals surface area contributed by atoms with Crippen LogP contribution in [0.3, 0.4) is 0 Å². The molecule has 2 amide bonds. The lowest BCUT2D eigenvalue weighted by Gasteiger charge is -2.36. The van der Waals surface area contributed by atoms with E-state index in [1.54, 1.807) is 18.2 Å². The van der Waals surface area contributed by atoms with Crippen molar-refractivity contribution in [2.45, 2.75) is 42.4 Å². The molecule has 3 atom stereocenters. The minimum absolute atomic E-state index is 0.0800. The number of urea groups is 1. The van der Waals surface area contributed by atoms with E-state index in [1.807, 2.05) is 0 Å². The molecule has 11 heteroatoms. The van der Waals surface area contributed by atoms with Gasteiger partial charge >= 0.3 is 6.03 Å². The number of aliphatic hydroxyl groups is 1. The molecule has 1 aliphatic rings. The number of benzene rings is 2. The molecule has 1 heterocycles. The minimum Gasteiger partial charge on any atom is -0.394 e. The van der Waals surface area contributed by atoms with Crippen molar-refractivity contribution >= 4 is 33.3 Å². The molecule has 2 aromatic carbocycles. The van der Waals surface area contributed by atoms with Gasteiger partial charge in [-0.2, -0.15) is 0 Å². The third-order valence-corrected chi connectivity index (χ3v) is 6.75. The van der Waals surface area contributed by atoms with Crippen LogP contribution in [0.15, 0.2) is 53.4 Å². The molecule has 0 saturated carbocycles. The Morgan fingerprint density at radius 3 is 2.69 bits per heavy atom. The molecule has 174 valence electrons. The minimum atomic E-state index is -3.69. The van der Waals surface area contributed by atoms with Crippen LogP contribution in [0.4, 0.5) is 14.9 Å². The second kappa shape index (κ2) is 11.1. The molecule has 0 aliphatic carbocycles. The summed E-state index contributed by atoms with van der Waals surface area (Å²) in [6.07, 6.45) is 0.585. The highest BCUT2D eigenvalue weighted by molar-refractivity contribution is 7.89. The largest absolute Gasteiger partial charge is 0.394 e. The number of sulfonamides is 1. The van der Waals surface area contributed by atoms with Gasteiger partial charge in [-0.05, 0) is 55.7 Å². The molecule has 1 aliphatic heterocycles. The van der Waals surface area contributed by atoms with Crippen molar-refractivity contribution in [2.24, 2.45) is 0 Å². The van der Waals surface area contributed by atoms with Crippen LogP contribution >= 0.6 is 11.6 Å². The first kappa shape index (κ1) is 24.4. The Balaban J connectivity index is 1.47. The second-order valence-electron chi connectivity index (χ2n) is 7.42. The summed E-state index contributed by atoms with van der Waals surface area (Å²) in [5.41, 5.74) is 0.310. The Morgan fingerprint density at radius 2 is 1.97 bits per heavy atom. The van der Waals surface area contributed by atoms with Crippen LogP contribution in [0, 0.1) is 5.82 Å². The Hall–Kier alpha value is -2.24. The third-order valence-electron chi connectivity index (χ3n) is 5.06. The topological polar surface area (TPSA) is 117 Å². The highest BCUT2D eigenvalue weighted by Crippen LogP contribution is 2.22. The molecular weight excluding hydrogens is 461 g/mol. The van der Waals surface area contributed by atoms with E-state index >= 15 is 0 Å². The molecule has 1 saturated heterocycles. The Bertz CT molecular complexity index is 1040. The van der Waals surface area contributed by atoms with Crippen LogP contribution < -0.4 is 15.4 Å². The van der Waals surface area contributed by atoms with Gasteiger partial charge in [-0.1, -0.05) is 23.7 Å². The molecule has 2 aromatic rings. The van der Waals surface area contributed by atoms with Gasteiger partial charge in [0.1, 0.15) is 11.9 Å². The number of hydrogen-bond donors (Lipinski definition) is 4. The molecule has 1 fully saturated rings. The molecule has 32 heavy (non-hydrogen) atoms. The van der Waals surface area contributed by atoms with E-state index in [2.05, 4.69) is 15.4 Å². The zero-order valence-corrected chi connectivity index (χ0v) is 18.7. The smallest absolute Gasteiger partial charge is 0.319 e. The van der Waals surface area contributed by atoms with Crippen LogP contribution in [-0.2, 0) is 14.8 Å². The van der Waals surface area contributed by atoms with E-state index in [1.165, 1.54) is 30.3 Å². The van der Waals surface area contributed by atoms with Crippen molar-refractivity contribution in [2.75, 3.05) is 18.5 Å². The van der Waals surface area contributed by atoms with Gasteiger partial charge in [0.2, 0.25) is 10.0 Å². The number of amides is 2. The van der Waals surface area contributed by atoms with Gasteiger partial charge < -0.3 is 20.5 Å². The first-order valence-corrected chi connectivity index (χ1v) is 12.0. The summed E-state index contributed by atoms with van der Waals surface area (Å²) in [6, 6.07) is 10.5. The molecule has 0 radical (unpaired) electrons. The lowest BCUT2D eigenvalue weighted by molar-refractivity contribution is -0.0884. The van der Waals surface area contributed by atoms with Gasteiger partial charge in [0.05, 0.1) is 23.6 Å². The fourth-order valence-electron chi connectivity index (χ4n) is 3.48. The average Bonchev–Trinajstić information content (AvgIpc) is 2.74. The molecular formula is C21H25ClFN3O5S. The molecule has 0 bridgehead atoms. The second-order valence-corrected chi connectivity index (χ2v) is 9.62. The lowest BCUT2D eigenvalue weighted by Crippen LogP contribution is -2.52. The van der Waals surface area contributed by atoms with Gasteiger partial charge in [-0.25, -0.2) is 22.3 Å². The van der Waals surface area contributed by atoms with Crippen LogP contribution in [-0.4, -0.2) is 51.0 Å². The molecule has 0 spiro atoms. The SMILES string of the molecule is O=C(Nc1cccc(F)c1)N[C@@H]1CC[C@@H](CCNS(=O)(=O)c2cccc(Cl)c2)O[C@@H]1CO. The number of anilines is 1. The maximum absolute atomic E-state index is 13.3. The quantitative estimate of drug-likeness (QED) is 0.458. The van der Waals surface area contributed by atoms with Crippen molar-refractivity contribution in [1.29, 1.82) is 0 Å². The summed E-state index contributed by atoms with van der Waals surface area (Å²) >= 11 is 5.85. The number of aliphatic hydroxyl groups excluding tert-OH is 1. The zero-order chi connectivity index (χ0) is 23.1. The first-order chi connectivity index (χ1) is 15.3. The number of rotatable bonds is 8. The number of halogens is 2. The van der Waals surface area contributed by atoms with E-state index in [4.69, 9.17) is 16.3 Å². The third kappa shape index (κ3) is 6.88. The number of carbonyl (C=O) groups excluding carboxylic acids is 1. The summed E-state index contributed by atoms with van der Waals surface area (Å²) in [6.45, 7) is -0.161. The maximum atomic E-state index is 13.3. The molecule has 4 N–H and O–H groups in total. The van der Waals surface area contributed by atoms with Crippen LogP contribution in [0.1, 0.15) is 19.3 Å². The van der Waals surface area contributed by atoms with Crippen LogP contribution in [0.25, 0.3) is 0 Å². The van der Waals surface area contributed by atoms with Crippen molar-refractivity contribution in [1.82, 2.24) is 10.0 Å². The Morgan fingerprint density at radius 1 is 1.19 bits per heavy atom. The zero-order valence-electron chi connectivity index (χ0n) is 17.1. The fourth-order valence-corrected chi connectivity index (χ4v) is 4.83. The normalized spacial score (nSPS) is 21.2. The van der Waals surface area contributed by atoms with Crippen molar-refractivity contribution in [3.63, 3.8) is 0 Å². The van der Waals surface area contributed by atoms with Gasteiger partial charge in [0.15, 0.2) is 0 Å². The Labute approximate surface area is 191 Å². The van der Waals surface area contributed by atoms with E-state index in [-0.39, 0.29) is 24.2 Å². The molecule has 0 aromatic heterocycles. The summed E-state index contributed by atoms with van der Waals surface area (Å²) in [5, 5.41) is 15.3. The predicted molar refractivity (Wildman–Crippen MR) is 119 cm³/mol. The van der Waals surface area contributed by atoms with E-state index in [9.17, 15) is 22.7 Å². The summed E-state index contributed by atoms with van der Waals surface area (Å²) < 4.78 is 46.3. The number of nitrogens with one attached hydrogen (secondary N) is 3. The van der Waals surface area contributed by atoms with Crippen molar-refractivity contribution < 1.29 is 27.4 Å². The number of hydrogen-bond acceptors (Lipinski definition) is 5. The lowest BCUT2D eigenvalue weighted by atomic mass is 9.97. The highest BCUT2D eigenvalue weighted by Gasteiger charge is 2.32. The maximum Gasteiger partial charge on any atom is 0.319 e. The van der Waals surface area contributed by atoms with Crippen molar-refractivity contribution in [3.05, 3.63) is 59.4 Å². The summed E-state index contributed by atoms with van der Waals surface area (Å²) in [5.74, 6) is -0.467. The average molecular weight is 486 g/mol. The van der Waals surface area contributed by atoms with E-state index < -0.39 is 34.0 Å². The van der Waals surface area contributed by atoms with E-state index in [0.717, 1.165) is 0 Å². The monoisotopic (exact) mass is 485 g/mol. The number of ether oxygens (including phenoxy) is 1. The Kier molecular flexibility index (Phi) is 8.44. The molecule has 3 rings (SSSR count). The van der Waals surface area contributed by atoms with Gasteiger partial charge in [-0.3, -0.25) is 0 Å². The first-order valence-electron chi connectivity index (χ1n) is 10.1. The number of carbonyl (C=O) groups is 1. The van der Waals surface area contributed by atoms with Crippen molar-refractivity contribution in [3.8, 4) is 0 Å². The standard InChI is InChI=1S/C21H25ClFN3O5S/c22-14-3-1-6-18(11-14)32(29,30)24-10-9-17-7-8-19(20(13-27)31-17)26-21(28)25-16-5-2-4-15(23)12-16/h1-6,11-12,17,19-20,24,27H,7-10,13H2,(H2,25,26,28)/t17-,19+,20+/m0/s1. The molecule has 8 nitrogen and oxygen atoms in total. The predicted octanol–water partition coefficient (Wildman–Crippen LogP) is 2.88. The van der Waals surface area contributed by atoms with E-state index in [0.29, 0.717) is 30.0 Å². The summed E-state index contributed by atoms with van der Waals surface area (Å²) in [7, 11) is -3.69. The molecule has 0 unspecified atom stereocenters. The fraction of sp³-hybridized carbons (Fsp3) is 0.381. The van der Waals surface area contributed by atoms with Gasteiger partial charge in [0.25, 0.3) is 0 Å².